The molecule has 0 aromatic rings. The number of carboxylic acid groups (broad SMARTS) is 1. The van der Waals surface area contributed by atoms with Gasteiger partial charge < -0.3 is 19.8 Å². The van der Waals surface area contributed by atoms with Crippen molar-refractivity contribution >= 4 is 18.4 Å². The molecular weight excluding hydrogens is 262 g/mol. The lowest BCUT2D eigenvalue weighted by Crippen LogP contribution is -2.62. The summed E-state index contributed by atoms with van der Waals surface area (Å²) in [5, 5.41) is 9.56. The van der Waals surface area contributed by atoms with Crippen LogP contribution in [-0.2, 0) is 9.59 Å². The number of hydrogen-bond donors (Lipinski definition) is 1. The monoisotopic (exact) mass is 285 g/mol. The number of aliphatic carboxylic acids is 1. The highest BCUT2D eigenvalue weighted by molar-refractivity contribution is 5.82. The molecule has 0 aromatic heterocycles. The summed E-state index contributed by atoms with van der Waals surface area (Å²) >= 11 is 0. The van der Waals surface area contributed by atoms with Crippen molar-refractivity contribution in [1.82, 2.24) is 14.7 Å². The Hall–Kier alpha value is -1.79. The normalized spacial score (nSPS) is 17.8. The quantitative estimate of drug-likeness (QED) is 0.761. The maximum atomic E-state index is 11.9. The zero-order valence-electron chi connectivity index (χ0n) is 12.5. The minimum atomic E-state index is -1.21. The summed E-state index contributed by atoms with van der Waals surface area (Å²) in [6.07, 6.45) is 1.10. The fourth-order valence-electron chi connectivity index (χ4n) is 2.65. The molecule has 1 N–H and O–H groups in total. The van der Waals surface area contributed by atoms with Gasteiger partial charge in [0.25, 0.3) is 0 Å². The third-order valence-electron chi connectivity index (χ3n) is 3.81. The molecule has 20 heavy (non-hydrogen) atoms. The van der Waals surface area contributed by atoms with Gasteiger partial charge in [0.2, 0.25) is 6.41 Å². The minimum absolute atomic E-state index is 0.133. The molecule has 0 spiro atoms. The van der Waals surface area contributed by atoms with Crippen LogP contribution in [0.1, 0.15) is 26.7 Å². The number of carboxylic acids is 1. The highest BCUT2D eigenvalue weighted by atomic mass is 16.4. The van der Waals surface area contributed by atoms with E-state index in [2.05, 4.69) is 0 Å². The molecule has 1 heterocycles. The summed E-state index contributed by atoms with van der Waals surface area (Å²) in [7, 11) is 3.32. The van der Waals surface area contributed by atoms with Crippen molar-refractivity contribution in [2.75, 3.05) is 27.2 Å². The number of nitrogens with zero attached hydrogens (tertiary/aromatic N) is 3. The molecule has 0 aromatic carbocycles. The van der Waals surface area contributed by atoms with Gasteiger partial charge in [-0.05, 0) is 26.7 Å². The molecule has 1 saturated heterocycles. The number of likely N-dealkylation sites (tertiary alicyclic amines) is 1. The molecule has 1 rings (SSSR count). The van der Waals surface area contributed by atoms with Gasteiger partial charge in [-0.15, -0.1) is 0 Å². The fourth-order valence-corrected chi connectivity index (χ4v) is 2.65. The molecule has 0 saturated carbocycles. The number of urea groups is 1. The molecular formula is C13H23N3O4. The summed E-state index contributed by atoms with van der Waals surface area (Å²) < 4.78 is 0. The number of amides is 3. The molecule has 0 unspecified atom stereocenters. The van der Waals surface area contributed by atoms with Gasteiger partial charge in [-0.2, -0.15) is 0 Å². The summed E-state index contributed by atoms with van der Waals surface area (Å²) in [6.45, 7) is 4.24. The molecule has 7 nitrogen and oxygen atoms in total. The summed E-state index contributed by atoms with van der Waals surface area (Å²) in [6, 6.07) is -0.328. The van der Waals surface area contributed by atoms with E-state index in [0.717, 1.165) is 0 Å². The van der Waals surface area contributed by atoms with E-state index in [4.69, 9.17) is 0 Å². The molecule has 7 heteroatoms. The van der Waals surface area contributed by atoms with E-state index in [1.807, 2.05) is 0 Å². The number of carbonyl (C=O) groups excluding carboxylic acids is 2. The fraction of sp³-hybridized carbons (Fsp3) is 0.769. The van der Waals surface area contributed by atoms with Gasteiger partial charge in [-0.25, -0.2) is 9.59 Å². The van der Waals surface area contributed by atoms with E-state index in [9.17, 15) is 19.5 Å². The third-order valence-corrected chi connectivity index (χ3v) is 3.81. The molecule has 1 aliphatic rings. The predicted molar refractivity (Wildman–Crippen MR) is 73.3 cm³/mol. The predicted octanol–water partition coefficient (Wildman–Crippen LogP) is 0.454. The van der Waals surface area contributed by atoms with Crippen molar-refractivity contribution in [2.24, 2.45) is 0 Å². The van der Waals surface area contributed by atoms with Crippen LogP contribution in [0, 0.1) is 0 Å². The second-order valence-corrected chi connectivity index (χ2v) is 5.61. The first-order valence-corrected chi connectivity index (χ1v) is 6.69. The average Bonchev–Trinajstić information content (AvgIpc) is 2.38. The Kier molecular flexibility index (Phi) is 4.97. The van der Waals surface area contributed by atoms with Gasteiger partial charge in [0.05, 0.1) is 0 Å². The SMILES string of the molecule is CC(C)N(C=O)C1(C(=O)O)CCN(C(=O)N(C)C)CC1. The van der Waals surface area contributed by atoms with Crippen molar-refractivity contribution < 1.29 is 19.5 Å². The van der Waals surface area contributed by atoms with Crippen LogP contribution >= 0.6 is 0 Å². The van der Waals surface area contributed by atoms with Gasteiger partial charge in [0.15, 0.2) is 0 Å². The lowest BCUT2D eigenvalue weighted by atomic mass is 9.85. The first-order chi connectivity index (χ1) is 9.26. The average molecular weight is 285 g/mol. The number of piperidine rings is 1. The van der Waals surface area contributed by atoms with Crippen LogP contribution in [0.4, 0.5) is 4.79 Å². The maximum absolute atomic E-state index is 11.9. The lowest BCUT2D eigenvalue weighted by molar-refractivity contribution is -0.160. The van der Waals surface area contributed by atoms with E-state index in [1.54, 1.807) is 32.8 Å². The second kappa shape index (κ2) is 6.11. The molecule has 0 bridgehead atoms. The van der Waals surface area contributed by atoms with Crippen molar-refractivity contribution in [3.8, 4) is 0 Å². The van der Waals surface area contributed by atoms with Crippen LogP contribution in [0.5, 0.6) is 0 Å². The van der Waals surface area contributed by atoms with Crippen LogP contribution in [0.15, 0.2) is 0 Å². The first-order valence-electron chi connectivity index (χ1n) is 6.69. The van der Waals surface area contributed by atoms with Crippen LogP contribution in [0.2, 0.25) is 0 Å². The molecule has 0 aliphatic carbocycles. The maximum Gasteiger partial charge on any atom is 0.329 e. The Morgan fingerprint density at radius 3 is 2.05 bits per heavy atom. The van der Waals surface area contributed by atoms with E-state index in [1.165, 1.54) is 9.80 Å². The first kappa shape index (κ1) is 16.3. The zero-order valence-corrected chi connectivity index (χ0v) is 12.5. The standard InChI is InChI=1S/C13H23N3O4/c1-10(2)16(9-17)13(11(18)19)5-7-15(8-6-13)12(20)14(3)4/h9-10H,5-8H2,1-4H3,(H,18,19). The molecule has 114 valence electrons. The van der Waals surface area contributed by atoms with E-state index >= 15 is 0 Å². The third kappa shape index (κ3) is 2.86. The van der Waals surface area contributed by atoms with Crippen LogP contribution in [0.3, 0.4) is 0 Å². The molecule has 1 aliphatic heterocycles. The van der Waals surface area contributed by atoms with Crippen molar-refractivity contribution in [3.63, 3.8) is 0 Å². The zero-order chi connectivity index (χ0) is 15.5. The van der Waals surface area contributed by atoms with Crippen LogP contribution < -0.4 is 0 Å². The van der Waals surface area contributed by atoms with E-state index in [-0.39, 0.29) is 24.9 Å². The number of hydrogen-bond acceptors (Lipinski definition) is 3. The number of carbonyl (C=O) groups is 3. The lowest BCUT2D eigenvalue weighted by Gasteiger charge is -2.46. The van der Waals surface area contributed by atoms with Crippen molar-refractivity contribution in [3.05, 3.63) is 0 Å². The molecule has 0 atom stereocenters. The molecule has 0 radical (unpaired) electrons. The largest absolute Gasteiger partial charge is 0.479 e. The number of rotatable bonds is 4. The molecule has 3 amide bonds. The van der Waals surface area contributed by atoms with Crippen molar-refractivity contribution in [2.45, 2.75) is 38.3 Å². The summed E-state index contributed by atoms with van der Waals surface area (Å²) in [4.78, 5) is 39.2. The van der Waals surface area contributed by atoms with Gasteiger partial charge >= 0.3 is 12.0 Å². The van der Waals surface area contributed by atoms with E-state index in [0.29, 0.717) is 19.5 Å². The minimum Gasteiger partial charge on any atom is -0.479 e. The van der Waals surface area contributed by atoms with Gasteiger partial charge in [0.1, 0.15) is 5.54 Å². The van der Waals surface area contributed by atoms with Gasteiger partial charge in [-0.1, -0.05) is 0 Å². The Bertz CT molecular complexity index is 387. The highest BCUT2D eigenvalue weighted by Crippen LogP contribution is 2.30. The Balaban J connectivity index is 2.91. The van der Waals surface area contributed by atoms with Crippen molar-refractivity contribution in [1.29, 1.82) is 0 Å². The summed E-state index contributed by atoms with van der Waals surface area (Å²) in [5.74, 6) is -1.00. The Morgan fingerprint density at radius 1 is 1.25 bits per heavy atom. The summed E-state index contributed by atoms with van der Waals surface area (Å²) in [5.41, 5.74) is -1.21. The second-order valence-electron chi connectivity index (χ2n) is 5.61. The Labute approximate surface area is 119 Å². The smallest absolute Gasteiger partial charge is 0.329 e. The van der Waals surface area contributed by atoms with E-state index < -0.39 is 11.5 Å². The van der Waals surface area contributed by atoms with Gasteiger partial charge in [0, 0.05) is 33.2 Å². The molecule has 1 fully saturated rings. The topological polar surface area (TPSA) is 81.2 Å². The van der Waals surface area contributed by atoms with Gasteiger partial charge in [-0.3, -0.25) is 4.79 Å². The highest BCUT2D eigenvalue weighted by Gasteiger charge is 2.47. The van der Waals surface area contributed by atoms with Crippen LogP contribution in [-0.4, -0.2) is 77.0 Å². The van der Waals surface area contributed by atoms with Crippen LogP contribution in [0.25, 0.3) is 0 Å². The Morgan fingerprint density at radius 2 is 1.75 bits per heavy atom.